The number of halogens is 1. The van der Waals surface area contributed by atoms with Gasteiger partial charge in [-0.2, -0.15) is 0 Å². The first-order valence-corrected chi connectivity index (χ1v) is 10.2. The van der Waals surface area contributed by atoms with Gasteiger partial charge in [-0.3, -0.25) is 0 Å². The van der Waals surface area contributed by atoms with Crippen molar-refractivity contribution in [1.29, 1.82) is 0 Å². The molecule has 0 aromatic heterocycles. The van der Waals surface area contributed by atoms with Crippen LogP contribution in [0.15, 0.2) is 46.4 Å². The van der Waals surface area contributed by atoms with E-state index in [4.69, 9.17) is 4.74 Å². The lowest BCUT2D eigenvalue weighted by Gasteiger charge is -2.38. The number of carbonyl (C=O) groups is 1. The van der Waals surface area contributed by atoms with E-state index in [1.54, 1.807) is 39.0 Å². The van der Waals surface area contributed by atoms with Gasteiger partial charge in [0, 0.05) is 25.9 Å². The van der Waals surface area contributed by atoms with Gasteiger partial charge in [-0.25, -0.2) is 17.6 Å². The first-order chi connectivity index (χ1) is 12.2. The Morgan fingerprint density at radius 2 is 1.77 bits per heavy atom. The molecule has 0 N–H and O–H groups in total. The standard InChI is InChI=1S/C19H26FNO4S/c1-5-21(6-2)18(22)25-17-12-14(3)15(4)13-19(17,20)26(23,24)16-10-8-7-9-11-16/h7-11,17H,5-6,12-13H2,1-4H3/t17-,19+/m0/s1. The summed E-state index contributed by atoms with van der Waals surface area (Å²) in [6.45, 7) is 7.89. The van der Waals surface area contributed by atoms with Gasteiger partial charge < -0.3 is 9.64 Å². The zero-order valence-electron chi connectivity index (χ0n) is 15.7. The Bertz CT molecular complexity index is 787. The molecule has 144 valence electrons. The molecular formula is C19H26FNO4S. The second-order valence-corrected chi connectivity index (χ2v) is 8.75. The monoisotopic (exact) mass is 383 g/mol. The van der Waals surface area contributed by atoms with Crippen molar-refractivity contribution in [2.24, 2.45) is 0 Å². The molecule has 0 aliphatic heterocycles. The van der Waals surface area contributed by atoms with Crippen molar-refractivity contribution in [3.05, 3.63) is 41.5 Å². The first-order valence-electron chi connectivity index (χ1n) is 8.76. The molecule has 2 rings (SSSR count). The van der Waals surface area contributed by atoms with Crippen LogP contribution >= 0.6 is 0 Å². The van der Waals surface area contributed by atoms with Crippen LogP contribution < -0.4 is 0 Å². The maximum atomic E-state index is 16.0. The number of ether oxygens (including phenoxy) is 1. The van der Waals surface area contributed by atoms with Crippen molar-refractivity contribution < 1.29 is 22.3 Å². The van der Waals surface area contributed by atoms with Crippen molar-refractivity contribution in [2.75, 3.05) is 13.1 Å². The average Bonchev–Trinajstić information content (AvgIpc) is 2.61. The van der Waals surface area contributed by atoms with E-state index in [0.717, 1.165) is 5.57 Å². The van der Waals surface area contributed by atoms with E-state index in [1.165, 1.54) is 17.0 Å². The van der Waals surface area contributed by atoms with E-state index >= 15 is 4.39 Å². The molecule has 0 saturated heterocycles. The van der Waals surface area contributed by atoms with Gasteiger partial charge in [0.1, 0.15) is 0 Å². The third-order valence-electron chi connectivity index (χ3n) is 4.97. The maximum absolute atomic E-state index is 16.0. The first kappa shape index (κ1) is 20.4. The summed E-state index contributed by atoms with van der Waals surface area (Å²) in [7, 11) is -4.35. The fourth-order valence-electron chi connectivity index (χ4n) is 3.10. The summed E-state index contributed by atoms with van der Waals surface area (Å²) in [5.41, 5.74) is 1.51. The van der Waals surface area contributed by atoms with Crippen LogP contribution in [-0.2, 0) is 14.6 Å². The van der Waals surface area contributed by atoms with Crippen LogP contribution in [0.25, 0.3) is 0 Å². The average molecular weight is 383 g/mol. The number of hydrogen-bond acceptors (Lipinski definition) is 4. The molecule has 0 fully saturated rings. The van der Waals surface area contributed by atoms with Crippen LogP contribution in [0.3, 0.4) is 0 Å². The molecule has 1 aromatic carbocycles. The lowest BCUT2D eigenvalue weighted by atomic mass is 9.89. The zero-order chi connectivity index (χ0) is 19.5. The fraction of sp³-hybridized carbons (Fsp3) is 0.526. The van der Waals surface area contributed by atoms with Gasteiger partial charge in [-0.15, -0.1) is 0 Å². The van der Waals surface area contributed by atoms with E-state index in [-0.39, 0.29) is 17.7 Å². The molecule has 1 aromatic rings. The van der Waals surface area contributed by atoms with Gasteiger partial charge in [0.15, 0.2) is 6.10 Å². The number of benzene rings is 1. The lowest BCUT2D eigenvalue weighted by Crippen LogP contribution is -2.51. The number of hydrogen-bond donors (Lipinski definition) is 0. The van der Waals surface area contributed by atoms with Gasteiger partial charge in [0.05, 0.1) is 4.90 Å². The fourth-order valence-corrected chi connectivity index (χ4v) is 4.89. The molecule has 1 aliphatic carbocycles. The summed E-state index contributed by atoms with van der Waals surface area (Å²) in [6, 6.07) is 7.48. The highest BCUT2D eigenvalue weighted by Gasteiger charge is 2.56. The predicted molar refractivity (Wildman–Crippen MR) is 98.3 cm³/mol. The molecule has 1 aliphatic rings. The van der Waals surface area contributed by atoms with Gasteiger partial charge in [0.25, 0.3) is 5.00 Å². The second kappa shape index (κ2) is 7.78. The molecule has 0 unspecified atom stereocenters. The molecule has 0 heterocycles. The van der Waals surface area contributed by atoms with E-state index in [1.807, 2.05) is 6.92 Å². The van der Waals surface area contributed by atoms with E-state index in [0.29, 0.717) is 18.7 Å². The van der Waals surface area contributed by atoms with Crippen LogP contribution in [0.4, 0.5) is 9.18 Å². The third-order valence-corrected chi connectivity index (χ3v) is 7.17. The number of carbonyl (C=O) groups excluding carboxylic acids is 1. The van der Waals surface area contributed by atoms with Crippen LogP contribution in [-0.4, -0.2) is 43.6 Å². The molecule has 1 amide bonds. The topological polar surface area (TPSA) is 63.7 Å². The maximum Gasteiger partial charge on any atom is 0.410 e. The minimum absolute atomic E-state index is 0.0569. The Hall–Kier alpha value is -1.89. The van der Waals surface area contributed by atoms with Crippen molar-refractivity contribution in [2.45, 2.75) is 56.5 Å². The summed E-state index contributed by atoms with van der Waals surface area (Å²) in [4.78, 5) is 13.6. The van der Waals surface area contributed by atoms with Gasteiger partial charge in [-0.05, 0) is 39.8 Å². The Morgan fingerprint density at radius 3 is 2.31 bits per heavy atom. The third kappa shape index (κ3) is 3.63. The Morgan fingerprint density at radius 1 is 1.19 bits per heavy atom. The van der Waals surface area contributed by atoms with Gasteiger partial charge in [0.2, 0.25) is 9.84 Å². The lowest BCUT2D eigenvalue weighted by molar-refractivity contribution is 0.00155. The highest BCUT2D eigenvalue weighted by atomic mass is 32.2. The SMILES string of the molecule is CCN(CC)C(=O)O[C@H]1CC(C)=C(C)C[C@@]1(F)S(=O)(=O)c1ccccc1. The van der Waals surface area contributed by atoms with Crippen LogP contribution in [0.2, 0.25) is 0 Å². The normalized spacial score (nSPS) is 23.7. The van der Waals surface area contributed by atoms with Crippen LogP contribution in [0, 0.1) is 0 Å². The smallest absolute Gasteiger partial charge is 0.410 e. The number of rotatable bonds is 5. The molecule has 5 nitrogen and oxygen atoms in total. The number of sulfone groups is 1. The highest BCUT2D eigenvalue weighted by Crippen LogP contribution is 2.44. The molecule has 2 atom stereocenters. The van der Waals surface area contributed by atoms with Crippen LogP contribution in [0.5, 0.6) is 0 Å². The summed E-state index contributed by atoms with van der Waals surface area (Å²) in [5, 5.41) is -2.69. The molecule has 0 saturated carbocycles. The summed E-state index contributed by atoms with van der Waals surface area (Å²) in [5.74, 6) is 0. The number of amides is 1. The Labute approximate surface area is 154 Å². The number of nitrogens with zero attached hydrogens (tertiary/aromatic N) is 1. The van der Waals surface area contributed by atoms with Crippen molar-refractivity contribution in [3.8, 4) is 0 Å². The largest absolute Gasteiger partial charge is 0.441 e. The molecule has 0 bridgehead atoms. The van der Waals surface area contributed by atoms with Crippen molar-refractivity contribution >= 4 is 15.9 Å². The van der Waals surface area contributed by atoms with Crippen molar-refractivity contribution in [1.82, 2.24) is 4.90 Å². The van der Waals surface area contributed by atoms with Crippen LogP contribution in [0.1, 0.15) is 40.5 Å². The minimum Gasteiger partial charge on any atom is -0.441 e. The second-order valence-electron chi connectivity index (χ2n) is 6.59. The van der Waals surface area contributed by atoms with Gasteiger partial charge >= 0.3 is 6.09 Å². The summed E-state index contributed by atoms with van der Waals surface area (Å²) >= 11 is 0. The Balaban J connectivity index is 2.46. The molecular weight excluding hydrogens is 357 g/mol. The molecule has 0 radical (unpaired) electrons. The predicted octanol–water partition coefficient (Wildman–Crippen LogP) is 4.10. The summed E-state index contributed by atoms with van der Waals surface area (Å²) < 4.78 is 47.5. The molecule has 0 spiro atoms. The quantitative estimate of drug-likeness (QED) is 0.718. The minimum atomic E-state index is -4.35. The molecule has 7 heteroatoms. The van der Waals surface area contributed by atoms with E-state index in [9.17, 15) is 13.2 Å². The number of alkyl halides is 1. The van der Waals surface area contributed by atoms with Crippen molar-refractivity contribution in [3.63, 3.8) is 0 Å². The Kier molecular flexibility index (Phi) is 6.11. The van der Waals surface area contributed by atoms with Gasteiger partial charge in [-0.1, -0.05) is 29.3 Å². The summed E-state index contributed by atoms with van der Waals surface area (Å²) in [6.07, 6.45) is -2.34. The van der Waals surface area contributed by atoms with E-state index < -0.39 is 27.0 Å². The molecule has 26 heavy (non-hydrogen) atoms. The highest BCUT2D eigenvalue weighted by molar-refractivity contribution is 7.92. The number of allylic oxidation sites excluding steroid dienone is 1. The van der Waals surface area contributed by atoms with E-state index in [2.05, 4.69) is 0 Å². The zero-order valence-corrected chi connectivity index (χ0v) is 16.5.